The number of piperidine rings is 1. The van der Waals surface area contributed by atoms with E-state index in [9.17, 15) is 9.59 Å². The van der Waals surface area contributed by atoms with E-state index in [1.807, 2.05) is 18.2 Å². The molecule has 1 aliphatic rings. The van der Waals surface area contributed by atoms with E-state index in [2.05, 4.69) is 11.0 Å². The number of amides is 1. The quantitative estimate of drug-likeness (QED) is 0.830. The minimum Gasteiger partial charge on any atom is -0.497 e. The summed E-state index contributed by atoms with van der Waals surface area (Å²) in [5.41, 5.74) is 2.74. The summed E-state index contributed by atoms with van der Waals surface area (Å²) in [4.78, 5) is 27.7. The van der Waals surface area contributed by atoms with Crippen LogP contribution in [-0.2, 0) is 11.3 Å². The van der Waals surface area contributed by atoms with E-state index in [-0.39, 0.29) is 11.8 Å². The molecule has 1 saturated heterocycles. The van der Waals surface area contributed by atoms with Crippen LogP contribution in [0.2, 0.25) is 0 Å². The molecule has 0 spiro atoms. The zero-order valence-electron chi connectivity index (χ0n) is 16.3. The van der Waals surface area contributed by atoms with E-state index in [4.69, 9.17) is 9.84 Å². The van der Waals surface area contributed by atoms with Gasteiger partial charge in [-0.1, -0.05) is 12.1 Å². The van der Waals surface area contributed by atoms with Gasteiger partial charge in [0, 0.05) is 37.9 Å². The van der Waals surface area contributed by atoms with Crippen LogP contribution in [0.5, 0.6) is 5.75 Å². The second-order valence-corrected chi connectivity index (χ2v) is 7.16. The molecule has 2 aromatic rings. The molecule has 1 amide bonds. The highest BCUT2D eigenvalue weighted by Crippen LogP contribution is 2.25. The number of rotatable bonds is 6. The highest BCUT2D eigenvalue weighted by atomic mass is 16.5. The number of nitrogens with zero attached hydrogens (tertiary/aromatic N) is 2. The van der Waals surface area contributed by atoms with Crippen LogP contribution in [0, 0.1) is 5.92 Å². The molecular formula is C22H26N2O4. The molecule has 0 unspecified atom stereocenters. The lowest BCUT2D eigenvalue weighted by Crippen LogP contribution is -2.36. The minimum atomic E-state index is -0.702. The van der Waals surface area contributed by atoms with Gasteiger partial charge < -0.3 is 19.6 Å². The topological polar surface area (TPSA) is 70.1 Å². The summed E-state index contributed by atoms with van der Waals surface area (Å²) in [5.74, 6) is -0.270. The molecule has 0 atom stereocenters. The maximum Gasteiger partial charge on any atom is 0.306 e. The lowest BCUT2D eigenvalue weighted by atomic mass is 9.96. The molecule has 0 saturated carbocycles. The molecule has 2 aromatic carbocycles. The third-order valence-corrected chi connectivity index (χ3v) is 5.22. The number of carboxylic acid groups (broad SMARTS) is 1. The molecule has 0 aliphatic carbocycles. The maximum atomic E-state index is 12.7. The van der Waals surface area contributed by atoms with Crippen molar-refractivity contribution in [2.24, 2.45) is 5.92 Å². The van der Waals surface area contributed by atoms with Gasteiger partial charge in [-0.3, -0.25) is 9.59 Å². The molecule has 148 valence electrons. The van der Waals surface area contributed by atoms with Crippen LogP contribution in [-0.4, -0.2) is 49.1 Å². The number of hydrogen-bond acceptors (Lipinski definition) is 4. The number of carboxylic acids is 1. The van der Waals surface area contributed by atoms with Gasteiger partial charge in [0.1, 0.15) is 5.75 Å². The average molecular weight is 382 g/mol. The third-order valence-electron chi connectivity index (χ3n) is 5.22. The van der Waals surface area contributed by atoms with Gasteiger partial charge in [-0.2, -0.15) is 0 Å². The monoisotopic (exact) mass is 382 g/mol. The van der Waals surface area contributed by atoms with Crippen molar-refractivity contribution in [1.29, 1.82) is 0 Å². The zero-order valence-corrected chi connectivity index (χ0v) is 16.3. The minimum absolute atomic E-state index is 0.0460. The number of methoxy groups -OCH3 is 1. The van der Waals surface area contributed by atoms with E-state index >= 15 is 0 Å². The first-order valence-corrected chi connectivity index (χ1v) is 9.44. The highest BCUT2D eigenvalue weighted by molar-refractivity contribution is 5.94. The van der Waals surface area contributed by atoms with E-state index in [0.717, 1.165) is 30.1 Å². The number of carbonyl (C=O) groups is 2. The van der Waals surface area contributed by atoms with Crippen molar-refractivity contribution in [2.45, 2.75) is 19.4 Å². The van der Waals surface area contributed by atoms with Crippen LogP contribution in [0.4, 0.5) is 5.69 Å². The number of anilines is 1. The Hall–Kier alpha value is -3.02. The van der Waals surface area contributed by atoms with Gasteiger partial charge >= 0.3 is 5.97 Å². The Morgan fingerprint density at radius 1 is 1.14 bits per heavy atom. The van der Waals surface area contributed by atoms with Gasteiger partial charge in [-0.05, 0) is 54.8 Å². The molecule has 28 heavy (non-hydrogen) atoms. The van der Waals surface area contributed by atoms with E-state index in [1.54, 1.807) is 43.3 Å². The number of carbonyl (C=O) groups excluding carboxylic acids is 1. The van der Waals surface area contributed by atoms with Crippen molar-refractivity contribution in [1.82, 2.24) is 4.90 Å². The summed E-state index contributed by atoms with van der Waals surface area (Å²) in [6, 6.07) is 15.2. The van der Waals surface area contributed by atoms with Crippen LogP contribution in [0.15, 0.2) is 48.5 Å². The average Bonchev–Trinajstić information content (AvgIpc) is 2.73. The zero-order chi connectivity index (χ0) is 20.1. The number of ether oxygens (including phenoxy) is 1. The molecule has 0 bridgehead atoms. The summed E-state index contributed by atoms with van der Waals surface area (Å²) in [5, 5.41) is 9.15. The molecular weight excluding hydrogens is 356 g/mol. The molecule has 1 fully saturated rings. The van der Waals surface area contributed by atoms with Gasteiger partial charge in [0.2, 0.25) is 0 Å². The first kappa shape index (κ1) is 19.7. The van der Waals surface area contributed by atoms with Crippen molar-refractivity contribution >= 4 is 17.6 Å². The Bertz CT molecular complexity index is 827. The van der Waals surface area contributed by atoms with Crippen LogP contribution >= 0.6 is 0 Å². The van der Waals surface area contributed by atoms with Crippen molar-refractivity contribution in [3.8, 4) is 5.75 Å². The molecule has 1 heterocycles. The Morgan fingerprint density at radius 2 is 1.82 bits per heavy atom. The fourth-order valence-corrected chi connectivity index (χ4v) is 3.54. The van der Waals surface area contributed by atoms with Crippen molar-refractivity contribution in [2.75, 3.05) is 32.1 Å². The SMILES string of the molecule is COc1ccc(C(=O)N(C)Cc2cccc(N3CCC(C(=O)O)CC3)c2)cc1. The van der Waals surface area contributed by atoms with Gasteiger partial charge in [-0.25, -0.2) is 0 Å². The fourth-order valence-electron chi connectivity index (χ4n) is 3.54. The molecule has 3 rings (SSSR count). The molecule has 1 N–H and O–H groups in total. The molecule has 0 aromatic heterocycles. The maximum absolute atomic E-state index is 12.7. The second kappa shape index (κ2) is 8.78. The van der Waals surface area contributed by atoms with Crippen molar-refractivity contribution < 1.29 is 19.4 Å². The standard InChI is InChI=1S/C22H26N2O4/c1-23(21(25)17-6-8-20(28-2)9-7-17)15-16-4-3-5-19(14-16)24-12-10-18(11-13-24)22(26)27/h3-9,14,18H,10-13,15H2,1-2H3,(H,26,27). The molecule has 1 aliphatic heterocycles. The predicted octanol–water partition coefficient (Wildman–Crippen LogP) is 3.27. The first-order chi connectivity index (χ1) is 13.5. The van der Waals surface area contributed by atoms with Crippen LogP contribution in [0.25, 0.3) is 0 Å². The largest absolute Gasteiger partial charge is 0.497 e. The molecule has 6 nitrogen and oxygen atoms in total. The Labute approximate surface area is 165 Å². The summed E-state index contributed by atoms with van der Waals surface area (Å²) < 4.78 is 5.13. The van der Waals surface area contributed by atoms with Crippen LogP contribution < -0.4 is 9.64 Å². The van der Waals surface area contributed by atoms with E-state index in [0.29, 0.717) is 24.9 Å². The Balaban J connectivity index is 1.63. The molecule has 6 heteroatoms. The summed E-state index contributed by atoms with van der Waals surface area (Å²) in [7, 11) is 3.39. The number of benzene rings is 2. The lowest BCUT2D eigenvalue weighted by molar-refractivity contribution is -0.142. The first-order valence-electron chi connectivity index (χ1n) is 9.44. The lowest BCUT2D eigenvalue weighted by Gasteiger charge is -2.32. The van der Waals surface area contributed by atoms with Crippen molar-refractivity contribution in [3.63, 3.8) is 0 Å². The summed E-state index contributed by atoms with van der Waals surface area (Å²) in [6.45, 7) is 1.98. The van der Waals surface area contributed by atoms with E-state index < -0.39 is 5.97 Å². The highest BCUT2D eigenvalue weighted by Gasteiger charge is 2.24. The van der Waals surface area contributed by atoms with Gasteiger partial charge in [0.05, 0.1) is 13.0 Å². The predicted molar refractivity (Wildman–Crippen MR) is 108 cm³/mol. The number of hydrogen-bond donors (Lipinski definition) is 1. The van der Waals surface area contributed by atoms with Crippen molar-refractivity contribution in [3.05, 3.63) is 59.7 Å². The van der Waals surface area contributed by atoms with E-state index in [1.165, 1.54) is 0 Å². The van der Waals surface area contributed by atoms with Gasteiger partial charge in [-0.15, -0.1) is 0 Å². The summed E-state index contributed by atoms with van der Waals surface area (Å²) in [6.07, 6.45) is 1.32. The van der Waals surface area contributed by atoms with Crippen LogP contribution in [0.1, 0.15) is 28.8 Å². The smallest absolute Gasteiger partial charge is 0.306 e. The normalized spacial score (nSPS) is 14.6. The molecule has 0 radical (unpaired) electrons. The van der Waals surface area contributed by atoms with Crippen LogP contribution in [0.3, 0.4) is 0 Å². The van der Waals surface area contributed by atoms with Gasteiger partial charge in [0.25, 0.3) is 5.91 Å². The van der Waals surface area contributed by atoms with Gasteiger partial charge in [0.15, 0.2) is 0 Å². The summed E-state index contributed by atoms with van der Waals surface area (Å²) >= 11 is 0. The Kier molecular flexibility index (Phi) is 6.19. The Morgan fingerprint density at radius 3 is 2.43 bits per heavy atom. The third kappa shape index (κ3) is 4.63. The second-order valence-electron chi connectivity index (χ2n) is 7.16. The number of aliphatic carboxylic acids is 1. The fraction of sp³-hybridized carbons (Fsp3) is 0.364.